The number of hydrogen-bond donors (Lipinski definition) is 3. The Kier molecular flexibility index (Phi) is 5.01. The number of carboxylic acids is 2. The van der Waals surface area contributed by atoms with Gasteiger partial charge in [-0.05, 0) is 25.0 Å². The summed E-state index contributed by atoms with van der Waals surface area (Å²) >= 11 is 3.35. The van der Waals surface area contributed by atoms with E-state index >= 15 is 0 Å². The van der Waals surface area contributed by atoms with Gasteiger partial charge in [0.1, 0.15) is 12.6 Å². The fourth-order valence-electron chi connectivity index (χ4n) is 3.65. The summed E-state index contributed by atoms with van der Waals surface area (Å²) in [5, 5.41) is 19.7. The monoisotopic (exact) mass is 423 g/mol. The molecule has 1 saturated heterocycles. The normalized spacial score (nSPS) is 18.9. The molecule has 26 heavy (non-hydrogen) atoms. The van der Waals surface area contributed by atoms with E-state index in [1.165, 1.54) is 4.57 Å². The van der Waals surface area contributed by atoms with Gasteiger partial charge in [-0.25, -0.2) is 0 Å². The molecule has 0 bridgehead atoms. The molecule has 0 aliphatic carbocycles. The van der Waals surface area contributed by atoms with Gasteiger partial charge in [0.15, 0.2) is 0 Å². The number of benzene rings is 1. The first kappa shape index (κ1) is 18.4. The van der Waals surface area contributed by atoms with Crippen molar-refractivity contribution in [2.24, 2.45) is 5.73 Å². The second kappa shape index (κ2) is 7.08. The molecule has 0 radical (unpaired) electrons. The van der Waals surface area contributed by atoms with Crippen LogP contribution in [0, 0.1) is 0 Å². The number of nitrogens with zero attached hydrogens (tertiary/aromatic N) is 2. The number of rotatable bonds is 6. The number of primary amides is 1. The number of halogens is 1. The van der Waals surface area contributed by atoms with Crippen LogP contribution in [0.2, 0.25) is 0 Å². The van der Waals surface area contributed by atoms with Gasteiger partial charge >= 0.3 is 11.9 Å². The van der Waals surface area contributed by atoms with Gasteiger partial charge in [0, 0.05) is 28.2 Å². The molecule has 2 heterocycles. The van der Waals surface area contributed by atoms with Crippen molar-refractivity contribution in [2.75, 3.05) is 6.54 Å². The average Bonchev–Trinajstić information content (AvgIpc) is 3.13. The molecule has 1 aliphatic heterocycles. The quantitative estimate of drug-likeness (QED) is 0.646. The number of nitrogens with two attached hydrogens (primary N) is 1. The Morgan fingerprint density at radius 3 is 2.65 bits per heavy atom. The minimum Gasteiger partial charge on any atom is -0.480 e. The Balaban J connectivity index is 2.16. The van der Waals surface area contributed by atoms with Gasteiger partial charge in [0.2, 0.25) is 5.91 Å². The summed E-state index contributed by atoms with van der Waals surface area (Å²) in [5.41, 5.74) is 6.51. The molecule has 3 rings (SSSR count). The van der Waals surface area contributed by atoms with E-state index in [0.29, 0.717) is 35.9 Å². The van der Waals surface area contributed by atoms with E-state index in [0.717, 1.165) is 4.47 Å². The summed E-state index contributed by atoms with van der Waals surface area (Å²) < 4.78 is 2.26. The summed E-state index contributed by atoms with van der Waals surface area (Å²) in [4.78, 5) is 36.6. The highest BCUT2D eigenvalue weighted by Crippen LogP contribution is 2.35. The highest BCUT2D eigenvalue weighted by Gasteiger charge is 2.40. The molecule has 0 saturated carbocycles. The van der Waals surface area contributed by atoms with Crippen LogP contribution in [0.25, 0.3) is 10.9 Å². The number of aromatic nitrogens is 1. The molecular formula is C17H18BrN3O5. The van der Waals surface area contributed by atoms with Gasteiger partial charge in [-0.2, -0.15) is 0 Å². The number of fused-ring (bicyclic) bond motifs is 1. The molecule has 1 aromatic heterocycles. The Hall–Kier alpha value is -2.39. The van der Waals surface area contributed by atoms with Crippen LogP contribution >= 0.6 is 15.9 Å². The summed E-state index contributed by atoms with van der Waals surface area (Å²) in [6.45, 7) is 0.144. The molecule has 1 aliphatic rings. The number of carbonyl (C=O) groups excluding carboxylic acids is 1. The maximum atomic E-state index is 12.1. The number of carboxylic acid groups (broad SMARTS) is 2. The maximum absolute atomic E-state index is 12.1. The first-order valence-electron chi connectivity index (χ1n) is 8.07. The van der Waals surface area contributed by atoms with Crippen molar-refractivity contribution in [2.45, 2.75) is 31.5 Å². The largest absolute Gasteiger partial charge is 0.480 e. The molecule has 1 amide bonds. The Morgan fingerprint density at radius 1 is 1.31 bits per heavy atom. The van der Waals surface area contributed by atoms with Crippen molar-refractivity contribution >= 4 is 44.7 Å². The summed E-state index contributed by atoms with van der Waals surface area (Å²) in [7, 11) is 0. The minimum absolute atomic E-state index is 0.293. The van der Waals surface area contributed by atoms with Crippen LogP contribution in [0.15, 0.2) is 28.9 Å². The van der Waals surface area contributed by atoms with Crippen LogP contribution in [0.4, 0.5) is 0 Å². The SMILES string of the molecule is NC(=O)[C@@H]1CCCN1C(C(=O)O)c1cn(CC(=O)O)c2cc(Br)ccc12. The third-order valence-electron chi connectivity index (χ3n) is 4.66. The van der Waals surface area contributed by atoms with E-state index < -0.39 is 29.9 Å². The van der Waals surface area contributed by atoms with Gasteiger partial charge in [-0.1, -0.05) is 22.0 Å². The van der Waals surface area contributed by atoms with E-state index in [1.54, 1.807) is 29.3 Å². The first-order chi connectivity index (χ1) is 12.3. The number of carbonyl (C=O) groups is 3. The average molecular weight is 424 g/mol. The topological polar surface area (TPSA) is 126 Å². The fourth-order valence-corrected chi connectivity index (χ4v) is 3.99. The van der Waals surface area contributed by atoms with Gasteiger partial charge in [-0.3, -0.25) is 19.3 Å². The van der Waals surface area contributed by atoms with Crippen LogP contribution in [-0.4, -0.2) is 50.1 Å². The third kappa shape index (κ3) is 3.32. The van der Waals surface area contributed by atoms with Gasteiger partial charge in [-0.15, -0.1) is 0 Å². The third-order valence-corrected chi connectivity index (χ3v) is 5.16. The van der Waals surface area contributed by atoms with Gasteiger partial charge < -0.3 is 20.5 Å². The fraction of sp³-hybridized carbons (Fsp3) is 0.353. The lowest BCUT2D eigenvalue weighted by molar-refractivity contribution is -0.144. The molecule has 1 fully saturated rings. The summed E-state index contributed by atoms with van der Waals surface area (Å²) in [5.74, 6) is -2.68. The number of aliphatic carboxylic acids is 2. The van der Waals surface area contributed by atoms with E-state index in [-0.39, 0.29) is 6.54 Å². The smallest absolute Gasteiger partial charge is 0.325 e. The number of hydrogen-bond acceptors (Lipinski definition) is 4. The second-order valence-electron chi connectivity index (χ2n) is 6.31. The second-order valence-corrected chi connectivity index (χ2v) is 7.22. The Labute approximate surface area is 157 Å². The van der Waals surface area contributed by atoms with Crippen molar-refractivity contribution in [1.29, 1.82) is 0 Å². The van der Waals surface area contributed by atoms with Crippen LogP contribution in [0.1, 0.15) is 24.4 Å². The van der Waals surface area contributed by atoms with Crippen LogP contribution in [-0.2, 0) is 20.9 Å². The summed E-state index contributed by atoms with van der Waals surface area (Å²) in [6, 6.07) is 3.54. The zero-order valence-electron chi connectivity index (χ0n) is 13.8. The van der Waals surface area contributed by atoms with Gasteiger partial charge in [0.05, 0.1) is 11.6 Å². The lowest BCUT2D eigenvalue weighted by Gasteiger charge is -2.28. The molecular weight excluding hydrogens is 406 g/mol. The standard InChI is InChI=1S/C17H18BrN3O5/c18-9-3-4-10-11(7-20(8-14(22)23)13(10)6-9)15(17(25)26)21-5-1-2-12(21)16(19)24/h3-4,6-7,12,15H,1-2,5,8H2,(H2,19,24)(H,22,23)(H,25,26)/t12-,15?/m0/s1. The minimum atomic E-state index is -1.10. The number of likely N-dealkylation sites (tertiary alicyclic amines) is 1. The first-order valence-corrected chi connectivity index (χ1v) is 8.87. The highest BCUT2D eigenvalue weighted by molar-refractivity contribution is 9.10. The Bertz CT molecular complexity index is 894. The molecule has 1 aromatic carbocycles. The van der Waals surface area contributed by atoms with Crippen LogP contribution in [0.5, 0.6) is 0 Å². The summed E-state index contributed by atoms with van der Waals surface area (Å²) in [6.07, 6.45) is 2.73. The molecule has 1 unspecified atom stereocenters. The predicted octanol–water partition coefficient (Wildman–Crippen LogP) is 1.56. The molecule has 8 nitrogen and oxygen atoms in total. The predicted molar refractivity (Wildman–Crippen MR) is 96.6 cm³/mol. The van der Waals surface area contributed by atoms with Crippen LogP contribution in [0.3, 0.4) is 0 Å². The van der Waals surface area contributed by atoms with E-state index in [9.17, 15) is 19.5 Å². The zero-order chi connectivity index (χ0) is 19.0. The van der Waals surface area contributed by atoms with Crippen molar-refractivity contribution in [3.63, 3.8) is 0 Å². The highest BCUT2D eigenvalue weighted by atomic mass is 79.9. The maximum Gasteiger partial charge on any atom is 0.325 e. The molecule has 2 aromatic rings. The van der Waals surface area contributed by atoms with Crippen molar-refractivity contribution in [3.8, 4) is 0 Å². The molecule has 138 valence electrons. The zero-order valence-corrected chi connectivity index (χ0v) is 15.3. The molecule has 2 atom stereocenters. The van der Waals surface area contributed by atoms with Crippen molar-refractivity contribution in [3.05, 3.63) is 34.4 Å². The molecule has 9 heteroatoms. The van der Waals surface area contributed by atoms with Crippen molar-refractivity contribution < 1.29 is 24.6 Å². The lowest BCUT2D eigenvalue weighted by Crippen LogP contribution is -2.44. The van der Waals surface area contributed by atoms with Crippen LogP contribution < -0.4 is 5.73 Å². The number of amides is 1. The van der Waals surface area contributed by atoms with Gasteiger partial charge in [0.25, 0.3) is 0 Å². The molecule has 4 N–H and O–H groups in total. The van der Waals surface area contributed by atoms with E-state index in [2.05, 4.69) is 15.9 Å². The molecule has 0 spiro atoms. The van der Waals surface area contributed by atoms with E-state index in [4.69, 9.17) is 10.8 Å². The Morgan fingerprint density at radius 2 is 2.04 bits per heavy atom. The van der Waals surface area contributed by atoms with Crippen molar-refractivity contribution in [1.82, 2.24) is 9.47 Å². The lowest BCUT2D eigenvalue weighted by atomic mass is 10.0. The van der Waals surface area contributed by atoms with E-state index in [1.807, 2.05) is 0 Å².